The number of aromatic carboxylic acids is 1. The average molecular weight is 220 g/mol. The molecule has 0 radical (unpaired) electrons. The summed E-state index contributed by atoms with van der Waals surface area (Å²) in [4.78, 5) is 11.0. The van der Waals surface area contributed by atoms with Crippen molar-refractivity contribution in [1.82, 2.24) is 0 Å². The summed E-state index contributed by atoms with van der Waals surface area (Å²) in [5.74, 6) is 0.450. The highest BCUT2D eigenvalue weighted by Gasteiger charge is 2.32. The van der Waals surface area contributed by atoms with E-state index >= 15 is 0 Å². The molecule has 1 fully saturated rings. The van der Waals surface area contributed by atoms with E-state index in [2.05, 4.69) is 12.2 Å². The zero-order valence-electron chi connectivity index (χ0n) is 9.23. The van der Waals surface area contributed by atoms with Crippen molar-refractivity contribution in [2.45, 2.75) is 13.3 Å². The van der Waals surface area contributed by atoms with Gasteiger partial charge in [-0.25, -0.2) is 4.79 Å². The molecule has 1 aromatic carbocycles. The molecule has 16 heavy (non-hydrogen) atoms. The van der Waals surface area contributed by atoms with Crippen molar-refractivity contribution in [3.05, 3.63) is 23.8 Å². The maximum Gasteiger partial charge on any atom is 0.337 e. The molecule has 0 saturated heterocycles. The van der Waals surface area contributed by atoms with Gasteiger partial charge in [0.2, 0.25) is 0 Å². The first-order valence-corrected chi connectivity index (χ1v) is 5.45. The molecule has 1 saturated carbocycles. The largest absolute Gasteiger partial charge is 0.478 e. The number of anilines is 2. The summed E-state index contributed by atoms with van der Waals surface area (Å²) < 4.78 is 0. The van der Waals surface area contributed by atoms with Crippen LogP contribution >= 0.6 is 0 Å². The Bertz CT molecular complexity index is 417. The Morgan fingerprint density at radius 3 is 2.88 bits per heavy atom. The highest BCUT2D eigenvalue weighted by molar-refractivity contribution is 5.97. The Labute approximate surface area is 94.5 Å². The minimum atomic E-state index is -0.946. The summed E-state index contributed by atoms with van der Waals surface area (Å²) in [6, 6.07) is 4.94. The van der Waals surface area contributed by atoms with Gasteiger partial charge in [-0.1, -0.05) is 13.0 Å². The topological polar surface area (TPSA) is 75.3 Å². The van der Waals surface area contributed by atoms with E-state index in [0.717, 1.165) is 12.5 Å². The van der Waals surface area contributed by atoms with Gasteiger partial charge in [-0.3, -0.25) is 0 Å². The second-order valence-corrected chi connectivity index (χ2v) is 4.43. The molecule has 4 nitrogen and oxygen atoms in total. The number of carboxylic acids is 1. The van der Waals surface area contributed by atoms with Gasteiger partial charge in [-0.15, -0.1) is 0 Å². The molecule has 4 heteroatoms. The van der Waals surface area contributed by atoms with Crippen molar-refractivity contribution in [2.24, 2.45) is 11.8 Å². The highest BCUT2D eigenvalue weighted by atomic mass is 16.4. The lowest BCUT2D eigenvalue weighted by Crippen LogP contribution is -2.11. The maximum absolute atomic E-state index is 11.0. The molecule has 2 rings (SSSR count). The predicted octanol–water partition coefficient (Wildman–Crippen LogP) is 2.03. The van der Waals surface area contributed by atoms with Crippen LogP contribution in [0.4, 0.5) is 11.4 Å². The van der Waals surface area contributed by atoms with Gasteiger partial charge >= 0.3 is 5.97 Å². The molecule has 1 aliphatic rings. The Kier molecular flexibility index (Phi) is 2.73. The first-order valence-electron chi connectivity index (χ1n) is 5.45. The number of nitrogen functional groups attached to an aromatic ring is 1. The number of para-hydroxylation sites is 1. The van der Waals surface area contributed by atoms with Crippen LogP contribution in [-0.4, -0.2) is 17.6 Å². The number of rotatable bonds is 4. The molecule has 2 unspecified atom stereocenters. The monoisotopic (exact) mass is 220 g/mol. The summed E-state index contributed by atoms with van der Waals surface area (Å²) in [6.07, 6.45) is 1.21. The fourth-order valence-corrected chi connectivity index (χ4v) is 1.86. The average Bonchev–Trinajstić information content (AvgIpc) is 2.92. The molecule has 0 amide bonds. The molecule has 0 aromatic heterocycles. The standard InChI is InChI=1S/C12H16N2O2/c1-7-5-8(7)6-14-11-9(12(15)16)3-2-4-10(11)13/h2-4,7-8,14H,5-6,13H2,1H3,(H,15,16). The first-order chi connectivity index (χ1) is 7.59. The van der Waals surface area contributed by atoms with E-state index in [4.69, 9.17) is 10.8 Å². The number of nitrogens with one attached hydrogen (secondary N) is 1. The second kappa shape index (κ2) is 4.04. The number of carboxylic acid groups (broad SMARTS) is 1. The van der Waals surface area contributed by atoms with Crippen molar-refractivity contribution >= 4 is 17.3 Å². The molecule has 1 aromatic rings. The van der Waals surface area contributed by atoms with Crippen LogP contribution in [0.3, 0.4) is 0 Å². The van der Waals surface area contributed by atoms with Gasteiger partial charge in [-0.2, -0.15) is 0 Å². The number of carbonyl (C=O) groups is 1. The van der Waals surface area contributed by atoms with Crippen molar-refractivity contribution in [3.8, 4) is 0 Å². The van der Waals surface area contributed by atoms with Gasteiger partial charge in [0.05, 0.1) is 16.9 Å². The molecule has 0 spiro atoms. The van der Waals surface area contributed by atoms with Crippen LogP contribution < -0.4 is 11.1 Å². The van der Waals surface area contributed by atoms with Crippen LogP contribution in [0.2, 0.25) is 0 Å². The fraction of sp³-hybridized carbons (Fsp3) is 0.417. The van der Waals surface area contributed by atoms with Gasteiger partial charge in [0.1, 0.15) is 0 Å². The van der Waals surface area contributed by atoms with E-state index in [1.165, 1.54) is 6.42 Å². The minimum absolute atomic E-state index is 0.244. The van der Waals surface area contributed by atoms with Gasteiger partial charge in [0, 0.05) is 6.54 Å². The van der Waals surface area contributed by atoms with Gasteiger partial charge in [-0.05, 0) is 30.4 Å². The van der Waals surface area contributed by atoms with Crippen LogP contribution in [0.1, 0.15) is 23.7 Å². The Morgan fingerprint density at radius 1 is 1.62 bits per heavy atom. The fourth-order valence-electron chi connectivity index (χ4n) is 1.86. The Balaban J connectivity index is 2.14. The zero-order chi connectivity index (χ0) is 11.7. The lowest BCUT2D eigenvalue weighted by atomic mass is 10.1. The zero-order valence-corrected chi connectivity index (χ0v) is 9.23. The quantitative estimate of drug-likeness (QED) is 0.679. The van der Waals surface area contributed by atoms with E-state index in [0.29, 0.717) is 17.3 Å². The highest BCUT2D eigenvalue weighted by Crippen LogP contribution is 2.38. The van der Waals surface area contributed by atoms with E-state index in [1.54, 1.807) is 18.2 Å². The van der Waals surface area contributed by atoms with Gasteiger partial charge < -0.3 is 16.2 Å². The lowest BCUT2D eigenvalue weighted by Gasteiger charge is -2.11. The third-order valence-electron chi connectivity index (χ3n) is 3.14. The number of benzene rings is 1. The third-order valence-corrected chi connectivity index (χ3v) is 3.14. The molecular weight excluding hydrogens is 204 g/mol. The summed E-state index contributed by atoms with van der Waals surface area (Å²) >= 11 is 0. The predicted molar refractivity (Wildman–Crippen MR) is 63.6 cm³/mol. The van der Waals surface area contributed by atoms with Crippen molar-refractivity contribution in [1.29, 1.82) is 0 Å². The van der Waals surface area contributed by atoms with Gasteiger partial charge in [0.15, 0.2) is 0 Å². The molecular formula is C12H16N2O2. The van der Waals surface area contributed by atoms with Crippen LogP contribution in [0.5, 0.6) is 0 Å². The smallest absolute Gasteiger partial charge is 0.337 e. The summed E-state index contributed by atoms with van der Waals surface area (Å²) in [5.41, 5.74) is 7.06. The van der Waals surface area contributed by atoms with Crippen molar-refractivity contribution in [3.63, 3.8) is 0 Å². The van der Waals surface area contributed by atoms with E-state index < -0.39 is 5.97 Å². The van der Waals surface area contributed by atoms with Crippen LogP contribution in [0, 0.1) is 11.8 Å². The molecule has 0 bridgehead atoms. The van der Waals surface area contributed by atoms with E-state index in [-0.39, 0.29) is 5.56 Å². The van der Waals surface area contributed by atoms with Gasteiger partial charge in [0.25, 0.3) is 0 Å². The summed E-state index contributed by atoms with van der Waals surface area (Å²) in [6.45, 7) is 2.99. The molecule has 2 atom stereocenters. The second-order valence-electron chi connectivity index (χ2n) is 4.43. The number of nitrogens with two attached hydrogens (primary N) is 1. The molecule has 86 valence electrons. The molecule has 4 N–H and O–H groups in total. The van der Waals surface area contributed by atoms with Crippen molar-refractivity contribution in [2.75, 3.05) is 17.6 Å². The molecule has 0 heterocycles. The Morgan fingerprint density at radius 2 is 2.31 bits per heavy atom. The summed E-state index contributed by atoms with van der Waals surface area (Å²) in [7, 11) is 0. The summed E-state index contributed by atoms with van der Waals surface area (Å²) in [5, 5.41) is 12.2. The van der Waals surface area contributed by atoms with Crippen LogP contribution in [-0.2, 0) is 0 Å². The van der Waals surface area contributed by atoms with Crippen molar-refractivity contribution < 1.29 is 9.90 Å². The SMILES string of the molecule is CC1CC1CNc1c(N)cccc1C(=O)O. The first kappa shape index (κ1) is 10.8. The Hall–Kier alpha value is -1.71. The van der Waals surface area contributed by atoms with Crippen LogP contribution in [0.25, 0.3) is 0 Å². The normalized spacial score (nSPS) is 22.8. The molecule has 1 aliphatic carbocycles. The minimum Gasteiger partial charge on any atom is -0.478 e. The lowest BCUT2D eigenvalue weighted by molar-refractivity contribution is 0.0698. The number of hydrogen-bond donors (Lipinski definition) is 3. The third kappa shape index (κ3) is 2.10. The molecule has 0 aliphatic heterocycles. The maximum atomic E-state index is 11.0. The van der Waals surface area contributed by atoms with Crippen LogP contribution in [0.15, 0.2) is 18.2 Å². The number of hydrogen-bond acceptors (Lipinski definition) is 3. The van der Waals surface area contributed by atoms with E-state index in [1.807, 2.05) is 0 Å². The van der Waals surface area contributed by atoms with E-state index in [9.17, 15) is 4.79 Å².